The molecular weight excluding hydrogens is 224 g/mol. The monoisotopic (exact) mass is 234 g/mol. The van der Waals surface area contributed by atoms with Crippen LogP contribution in [-0.2, 0) is 11.2 Å². The second-order valence-electron chi connectivity index (χ2n) is 3.20. The zero-order valence-electron chi connectivity index (χ0n) is 9.39. The first kappa shape index (κ1) is 12.6. The number of benzene rings is 1. The maximum atomic E-state index is 11.4. The Balaban J connectivity index is 3.55. The average Bonchev–Trinajstić information content (AvgIpc) is 2.35. The second kappa shape index (κ2) is 5.07. The van der Waals surface area contributed by atoms with Crippen molar-refractivity contribution in [2.45, 2.75) is 13.3 Å². The molecule has 0 atom stereocenters. The zero-order chi connectivity index (χ0) is 13.0. The highest BCUT2D eigenvalue weighted by atomic mass is 16.6. The summed E-state index contributed by atoms with van der Waals surface area (Å²) in [5, 5.41) is 19.7. The number of methoxy groups -OCH3 is 1. The second-order valence-corrected chi connectivity index (χ2v) is 3.20. The van der Waals surface area contributed by atoms with Crippen LogP contribution in [0.3, 0.4) is 0 Å². The van der Waals surface area contributed by atoms with Crippen molar-refractivity contribution in [3.63, 3.8) is 0 Å². The van der Waals surface area contributed by atoms with Crippen LogP contribution in [0.25, 0.3) is 0 Å². The van der Waals surface area contributed by atoms with Crippen LogP contribution in [-0.4, -0.2) is 18.0 Å². The highest BCUT2D eigenvalue weighted by Gasteiger charge is 2.22. The number of hydrogen-bond donors (Lipinski definition) is 0. The molecule has 1 aromatic rings. The minimum atomic E-state index is -0.640. The van der Waals surface area contributed by atoms with Gasteiger partial charge in [-0.1, -0.05) is 6.92 Å². The fourth-order valence-electron chi connectivity index (χ4n) is 1.58. The lowest BCUT2D eigenvalue weighted by Crippen LogP contribution is -2.08. The molecule has 1 rings (SSSR count). The number of carbonyl (C=O) groups is 1. The molecule has 0 radical (unpaired) electrons. The molecule has 0 saturated carbocycles. The molecule has 0 spiro atoms. The van der Waals surface area contributed by atoms with Crippen molar-refractivity contribution in [2.24, 2.45) is 0 Å². The third kappa shape index (κ3) is 2.23. The first-order chi connectivity index (χ1) is 8.06. The molecule has 0 amide bonds. The Kier molecular flexibility index (Phi) is 3.78. The van der Waals surface area contributed by atoms with E-state index in [4.69, 9.17) is 5.26 Å². The normalized spacial score (nSPS) is 9.47. The number of carbonyl (C=O) groups excluding carboxylic acids is 1. The molecule has 0 unspecified atom stereocenters. The van der Waals surface area contributed by atoms with Crippen LogP contribution < -0.4 is 0 Å². The van der Waals surface area contributed by atoms with Crippen molar-refractivity contribution in [1.29, 1.82) is 5.26 Å². The first-order valence-electron chi connectivity index (χ1n) is 4.85. The fourth-order valence-corrected chi connectivity index (χ4v) is 1.58. The highest BCUT2D eigenvalue weighted by Crippen LogP contribution is 2.25. The van der Waals surface area contributed by atoms with Crippen LogP contribution in [0.4, 0.5) is 5.69 Å². The van der Waals surface area contributed by atoms with Crippen LogP contribution in [0.15, 0.2) is 12.1 Å². The number of nitriles is 1. The smallest absolute Gasteiger partial charge is 0.338 e. The Labute approximate surface area is 97.6 Å². The summed E-state index contributed by atoms with van der Waals surface area (Å²) >= 11 is 0. The fraction of sp³-hybridized carbons (Fsp3) is 0.273. The number of nitro groups is 1. The lowest BCUT2D eigenvalue weighted by atomic mass is 9.98. The van der Waals surface area contributed by atoms with Gasteiger partial charge in [0, 0.05) is 6.07 Å². The van der Waals surface area contributed by atoms with Gasteiger partial charge in [-0.15, -0.1) is 0 Å². The van der Waals surface area contributed by atoms with Gasteiger partial charge in [-0.2, -0.15) is 5.26 Å². The molecule has 0 fully saturated rings. The third-order valence-corrected chi connectivity index (χ3v) is 2.36. The van der Waals surface area contributed by atoms with E-state index in [1.807, 2.05) is 0 Å². The van der Waals surface area contributed by atoms with Crippen molar-refractivity contribution < 1.29 is 14.5 Å². The molecule has 0 aliphatic heterocycles. The molecule has 0 aliphatic rings. The summed E-state index contributed by atoms with van der Waals surface area (Å²) in [6, 6.07) is 4.22. The van der Waals surface area contributed by atoms with E-state index in [0.29, 0.717) is 12.0 Å². The van der Waals surface area contributed by atoms with Crippen LogP contribution in [0.2, 0.25) is 0 Å². The number of hydrogen-bond acceptors (Lipinski definition) is 5. The SMILES string of the molecule is CCc1c(C(=O)OC)ccc([N+](=O)[O-])c1C#N. The van der Waals surface area contributed by atoms with Crippen molar-refractivity contribution in [3.8, 4) is 6.07 Å². The average molecular weight is 234 g/mol. The summed E-state index contributed by atoms with van der Waals surface area (Å²) in [5.74, 6) is -0.603. The van der Waals surface area contributed by atoms with Gasteiger partial charge in [0.25, 0.3) is 5.69 Å². The molecule has 0 saturated heterocycles. The standard InChI is InChI=1S/C11H10N2O4/c1-3-7-8(11(14)17-2)4-5-10(13(15)16)9(7)6-12/h4-5H,3H2,1-2H3. The largest absolute Gasteiger partial charge is 0.465 e. The van der Waals surface area contributed by atoms with Gasteiger partial charge in [0.1, 0.15) is 11.6 Å². The van der Waals surface area contributed by atoms with Gasteiger partial charge < -0.3 is 4.74 Å². The Bertz CT molecular complexity index is 517. The summed E-state index contributed by atoms with van der Waals surface area (Å²) in [5.41, 5.74) is 0.156. The Hall–Kier alpha value is -2.42. The Morgan fingerprint density at radius 3 is 2.65 bits per heavy atom. The molecule has 0 aromatic heterocycles. The minimum absolute atomic E-state index is 0.0830. The van der Waals surface area contributed by atoms with E-state index >= 15 is 0 Å². The third-order valence-electron chi connectivity index (χ3n) is 2.36. The summed E-state index contributed by atoms with van der Waals surface area (Å²) in [6.07, 6.45) is 0.342. The molecule has 1 aromatic carbocycles. The predicted molar refractivity (Wildman–Crippen MR) is 58.5 cm³/mol. The maximum absolute atomic E-state index is 11.4. The van der Waals surface area contributed by atoms with E-state index in [1.54, 1.807) is 13.0 Å². The van der Waals surface area contributed by atoms with Crippen LogP contribution >= 0.6 is 0 Å². The first-order valence-corrected chi connectivity index (χ1v) is 4.85. The van der Waals surface area contributed by atoms with E-state index in [9.17, 15) is 14.9 Å². The van der Waals surface area contributed by atoms with Gasteiger partial charge in [0.2, 0.25) is 0 Å². The van der Waals surface area contributed by atoms with Crippen LogP contribution in [0.5, 0.6) is 0 Å². The molecule has 0 heterocycles. The van der Waals surface area contributed by atoms with E-state index in [2.05, 4.69) is 4.74 Å². The number of nitro benzene ring substituents is 1. The number of rotatable bonds is 3. The van der Waals surface area contributed by atoms with Gasteiger partial charge >= 0.3 is 5.97 Å². The van der Waals surface area contributed by atoms with E-state index < -0.39 is 10.9 Å². The molecule has 6 nitrogen and oxygen atoms in total. The molecule has 6 heteroatoms. The Morgan fingerprint density at radius 2 is 2.24 bits per heavy atom. The van der Waals surface area contributed by atoms with Crippen molar-refractivity contribution in [2.75, 3.05) is 7.11 Å². The highest BCUT2D eigenvalue weighted by molar-refractivity contribution is 5.92. The summed E-state index contributed by atoms with van der Waals surface area (Å²) in [7, 11) is 1.22. The summed E-state index contributed by atoms with van der Waals surface area (Å²) in [4.78, 5) is 21.5. The van der Waals surface area contributed by atoms with E-state index in [-0.39, 0.29) is 16.8 Å². The van der Waals surface area contributed by atoms with Crippen LogP contribution in [0, 0.1) is 21.4 Å². The molecule has 88 valence electrons. The molecule has 0 bridgehead atoms. The van der Waals surface area contributed by atoms with E-state index in [1.165, 1.54) is 13.2 Å². The quantitative estimate of drug-likeness (QED) is 0.451. The number of esters is 1. The zero-order valence-corrected chi connectivity index (χ0v) is 9.39. The van der Waals surface area contributed by atoms with E-state index in [0.717, 1.165) is 6.07 Å². The van der Waals surface area contributed by atoms with Crippen molar-refractivity contribution in [1.82, 2.24) is 0 Å². The molecule has 0 N–H and O–H groups in total. The minimum Gasteiger partial charge on any atom is -0.465 e. The van der Waals surface area contributed by atoms with Gasteiger partial charge in [-0.3, -0.25) is 10.1 Å². The molecule has 0 aliphatic carbocycles. The number of nitrogens with zero attached hydrogens (tertiary/aromatic N) is 2. The summed E-state index contributed by atoms with van der Waals surface area (Å²) in [6.45, 7) is 1.71. The lowest BCUT2D eigenvalue weighted by Gasteiger charge is -2.07. The van der Waals surface area contributed by atoms with Gasteiger partial charge in [0.05, 0.1) is 17.6 Å². The lowest BCUT2D eigenvalue weighted by molar-refractivity contribution is -0.385. The van der Waals surface area contributed by atoms with Crippen LogP contribution in [0.1, 0.15) is 28.4 Å². The van der Waals surface area contributed by atoms with Gasteiger partial charge in [-0.25, -0.2) is 4.79 Å². The maximum Gasteiger partial charge on any atom is 0.338 e. The molecule has 17 heavy (non-hydrogen) atoms. The van der Waals surface area contributed by atoms with Gasteiger partial charge in [0.15, 0.2) is 0 Å². The Morgan fingerprint density at radius 1 is 1.59 bits per heavy atom. The van der Waals surface area contributed by atoms with Crippen molar-refractivity contribution in [3.05, 3.63) is 38.9 Å². The topological polar surface area (TPSA) is 93.2 Å². The molecular formula is C11H10N2O4. The van der Waals surface area contributed by atoms with Gasteiger partial charge in [-0.05, 0) is 18.1 Å². The predicted octanol–water partition coefficient (Wildman–Crippen LogP) is 1.82. The number of ether oxygens (including phenoxy) is 1. The van der Waals surface area contributed by atoms with Crippen molar-refractivity contribution >= 4 is 11.7 Å². The summed E-state index contributed by atoms with van der Waals surface area (Å²) < 4.78 is 4.56.